The van der Waals surface area contributed by atoms with Crippen LogP contribution in [0.15, 0.2) is 54.7 Å². The third-order valence-corrected chi connectivity index (χ3v) is 3.82. The Morgan fingerprint density at radius 3 is 2.96 bits per heavy atom. The normalized spacial score (nSPS) is 10.1. The zero-order valence-corrected chi connectivity index (χ0v) is 14.3. The smallest absolute Gasteiger partial charge is 0.251 e. The van der Waals surface area contributed by atoms with Gasteiger partial charge in [0.2, 0.25) is 0 Å². The van der Waals surface area contributed by atoms with Gasteiger partial charge in [0.15, 0.2) is 11.6 Å². The minimum atomic E-state index is -0.492. The molecule has 1 N–H and O–H groups in total. The van der Waals surface area contributed by atoms with Crippen LogP contribution in [0.3, 0.4) is 0 Å². The van der Waals surface area contributed by atoms with Gasteiger partial charge in [0.05, 0.1) is 5.52 Å². The minimum absolute atomic E-state index is 0.0619. The molecule has 0 bridgehead atoms. The van der Waals surface area contributed by atoms with Crippen molar-refractivity contribution in [3.8, 4) is 17.6 Å². The van der Waals surface area contributed by atoms with E-state index in [-0.39, 0.29) is 24.8 Å². The quantitative estimate of drug-likeness (QED) is 0.715. The Hall–Kier alpha value is -3.39. The minimum Gasteiger partial charge on any atom is -0.478 e. The summed E-state index contributed by atoms with van der Waals surface area (Å²) >= 11 is 0. The first-order valence-electron chi connectivity index (χ1n) is 8.12. The second kappa shape index (κ2) is 8.13. The number of ether oxygens (including phenoxy) is 1. The number of carbonyl (C=O) groups is 1. The Morgan fingerprint density at radius 2 is 2.12 bits per heavy atom. The summed E-state index contributed by atoms with van der Waals surface area (Å²) in [4.78, 5) is 16.6. The van der Waals surface area contributed by atoms with Crippen LogP contribution in [0, 0.1) is 17.7 Å². The number of aromatic nitrogens is 1. The van der Waals surface area contributed by atoms with Crippen LogP contribution < -0.4 is 10.1 Å². The molecule has 1 amide bonds. The topological polar surface area (TPSA) is 51.2 Å². The molecule has 2 aromatic carbocycles. The molecule has 5 heteroatoms. The molecule has 130 valence electrons. The second-order valence-electron chi connectivity index (χ2n) is 5.54. The molecule has 0 unspecified atom stereocenters. The van der Waals surface area contributed by atoms with Crippen molar-refractivity contribution in [2.24, 2.45) is 0 Å². The van der Waals surface area contributed by atoms with Gasteiger partial charge in [-0.3, -0.25) is 9.78 Å². The Morgan fingerprint density at radius 1 is 1.23 bits per heavy atom. The molecule has 3 aromatic rings. The molecule has 0 saturated carbocycles. The van der Waals surface area contributed by atoms with Crippen LogP contribution in [-0.2, 0) is 6.54 Å². The molecule has 0 spiro atoms. The molecule has 0 aliphatic heterocycles. The van der Waals surface area contributed by atoms with E-state index in [1.54, 1.807) is 43.5 Å². The Labute approximate surface area is 151 Å². The number of fused-ring (bicyclic) bond motifs is 1. The number of pyridine rings is 1. The van der Waals surface area contributed by atoms with Crippen molar-refractivity contribution >= 4 is 16.8 Å². The van der Waals surface area contributed by atoms with Crippen molar-refractivity contribution in [3.05, 3.63) is 71.7 Å². The number of hydrogen-bond donors (Lipinski definition) is 1. The standard InChI is InChI=1S/C21H17FN2O2/c1-2-3-12-26-19-8-4-6-17(20(19)22)14-24-21(25)16-9-10-18-15(13-16)7-5-11-23-18/h4-11,13H,12,14H2,1H3,(H,24,25). The number of nitrogens with zero attached hydrogens (tertiary/aromatic N) is 1. The van der Waals surface area contributed by atoms with Crippen molar-refractivity contribution in [2.75, 3.05) is 6.61 Å². The van der Waals surface area contributed by atoms with E-state index in [0.29, 0.717) is 11.1 Å². The average molecular weight is 348 g/mol. The fourth-order valence-corrected chi connectivity index (χ4v) is 2.48. The SMILES string of the molecule is CC#CCOc1cccc(CNC(=O)c2ccc3ncccc3c2)c1F. The van der Waals surface area contributed by atoms with Gasteiger partial charge in [-0.25, -0.2) is 4.39 Å². The average Bonchev–Trinajstić information content (AvgIpc) is 2.68. The third-order valence-electron chi connectivity index (χ3n) is 3.82. The summed E-state index contributed by atoms with van der Waals surface area (Å²) in [7, 11) is 0. The van der Waals surface area contributed by atoms with E-state index in [0.717, 1.165) is 10.9 Å². The lowest BCUT2D eigenvalue weighted by Gasteiger charge is -2.10. The first-order chi connectivity index (χ1) is 12.7. The lowest BCUT2D eigenvalue weighted by molar-refractivity contribution is 0.0950. The first-order valence-corrected chi connectivity index (χ1v) is 8.12. The van der Waals surface area contributed by atoms with E-state index in [2.05, 4.69) is 22.1 Å². The molecule has 0 fully saturated rings. The number of carbonyl (C=O) groups excluding carboxylic acids is 1. The van der Waals surface area contributed by atoms with Crippen LogP contribution in [0.1, 0.15) is 22.8 Å². The van der Waals surface area contributed by atoms with E-state index in [4.69, 9.17) is 4.74 Å². The van der Waals surface area contributed by atoms with Gasteiger partial charge in [-0.05, 0) is 37.3 Å². The molecule has 1 heterocycles. The van der Waals surface area contributed by atoms with Gasteiger partial charge in [-0.2, -0.15) is 0 Å². The van der Waals surface area contributed by atoms with E-state index in [1.165, 1.54) is 6.07 Å². The molecular weight excluding hydrogens is 331 g/mol. The maximum Gasteiger partial charge on any atom is 0.251 e. The number of amides is 1. The van der Waals surface area contributed by atoms with Crippen LogP contribution in [0.2, 0.25) is 0 Å². The van der Waals surface area contributed by atoms with Gasteiger partial charge in [0.1, 0.15) is 6.61 Å². The van der Waals surface area contributed by atoms with Crippen LogP contribution in [0.4, 0.5) is 4.39 Å². The predicted molar refractivity (Wildman–Crippen MR) is 98.3 cm³/mol. The fraction of sp³-hybridized carbons (Fsp3) is 0.143. The summed E-state index contributed by atoms with van der Waals surface area (Å²) in [5, 5.41) is 3.61. The van der Waals surface area contributed by atoms with E-state index < -0.39 is 5.82 Å². The third kappa shape index (κ3) is 3.98. The van der Waals surface area contributed by atoms with Crippen molar-refractivity contribution in [3.63, 3.8) is 0 Å². The zero-order valence-electron chi connectivity index (χ0n) is 14.3. The van der Waals surface area contributed by atoms with Gasteiger partial charge in [0, 0.05) is 29.3 Å². The number of halogens is 1. The maximum atomic E-state index is 14.4. The number of hydrogen-bond acceptors (Lipinski definition) is 3. The molecule has 1 aromatic heterocycles. The highest BCUT2D eigenvalue weighted by atomic mass is 19.1. The summed E-state index contributed by atoms with van der Waals surface area (Å²) in [6.45, 7) is 1.87. The van der Waals surface area contributed by atoms with Crippen molar-refractivity contribution < 1.29 is 13.9 Å². The van der Waals surface area contributed by atoms with Gasteiger partial charge < -0.3 is 10.1 Å². The predicted octanol–water partition coefficient (Wildman–Crippen LogP) is 3.71. The summed E-state index contributed by atoms with van der Waals surface area (Å²) in [5.41, 5.74) is 1.66. The first kappa shape index (κ1) is 17.4. The van der Waals surface area contributed by atoms with Crippen LogP contribution in [0.25, 0.3) is 10.9 Å². The van der Waals surface area contributed by atoms with E-state index >= 15 is 0 Å². The lowest BCUT2D eigenvalue weighted by Crippen LogP contribution is -2.23. The number of benzene rings is 2. The number of rotatable bonds is 5. The maximum absolute atomic E-state index is 14.4. The Balaban J connectivity index is 1.70. The number of nitrogens with one attached hydrogen (secondary N) is 1. The summed E-state index contributed by atoms with van der Waals surface area (Å²) in [6, 6.07) is 13.8. The van der Waals surface area contributed by atoms with Crippen molar-refractivity contribution in [2.45, 2.75) is 13.5 Å². The summed E-state index contributed by atoms with van der Waals surface area (Å²) < 4.78 is 19.7. The molecule has 0 radical (unpaired) electrons. The molecule has 0 saturated heterocycles. The highest BCUT2D eigenvalue weighted by molar-refractivity contribution is 5.97. The van der Waals surface area contributed by atoms with Crippen LogP contribution in [-0.4, -0.2) is 17.5 Å². The molecule has 26 heavy (non-hydrogen) atoms. The fourth-order valence-electron chi connectivity index (χ4n) is 2.48. The molecular formula is C21H17FN2O2. The van der Waals surface area contributed by atoms with E-state index in [9.17, 15) is 9.18 Å². The summed E-state index contributed by atoms with van der Waals surface area (Å²) in [5.74, 6) is 4.75. The van der Waals surface area contributed by atoms with Crippen LogP contribution in [0.5, 0.6) is 5.75 Å². The Kier molecular flexibility index (Phi) is 5.45. The van der Waals surface area contributed by atoms with Gasteiger partial charge in [0.25, 0.3) is 5.91 Å². The van der Waals surface area contributed by atoms with Gasteiger partial charge in [-0.1, -0.05) is 24.1 Å². The molecule has 0 atom stereocenters. The van der Waals surface area contributed by atoms with Crippen LogP contribution >= 0.6 is 0 Å². The molecule has 0 aliphatic carbocycles. The largest absolute Gasteiger partial charge is 0.478 e. The van der Waals surface area contributed by atoms with Gasteiger partial charge in [-0.15, -0.1) is 5.92 Å². The highest BCUT2D eigenvalue weighted by Crippen LogP contribution is 2.20. The van der Waals surface area contributed by atoms with E-state index in [1.807, 2.05) is 12.1 Å². The monoisotopic (exact) mass is 348 g/mol. The lowest BCUT2D eigenvalue weighted by atomic mass is 10.1. The molecule has 3 rings (SSSR count). The Bertz CT molecular complexity index is 1010. The highest BCUT2D eigenvalue weighted by Gasteiger charge is 2.11. The summed E-state index contributed by atoms with van der Waals surface area (Å²) in [6.07, 6.45) is 1.70. The van der Waals surface area contributed by atoms with Crippen molar-refractivity contribution in [1.82, 2.24) is 10.3 Å². The zero-order chi connectivity index (χ0) is 18.4. The van der Waals surface area contributed by atoms with Crippen molar-refractivity contribution in [1.29, 1.82) is 0 Å². The molecule has 0 aliphatic rings. The molecule has 4 nitrogen and oxygen atoms in total. The second-order valence-corrected chi connectivity index (χ2v) is 5.54. The van der Waals surface area contributed by atoms with Gasteiger partial charge >= 0.3 is 0 Å².